The predicted molar refractivity (Wildman–Crippen MR) is 83.8 cm³/mol. The van der Waals surface area contributed by atoms with E-state index in [1.54, 1.807) is 0 Å². The summed E-state index contributed by atoms with van der Waals surface area (Å²) in [4.78, 5) is 2.56. The molecule has 0 bridgehead atoms. The second-order valence-corrected chi connectivity index (χ2v) is 9.15. The van der Waals surface area contributed by atoms with Gasteiger partial charge in [-0.1, -0.05) is 19.3 Å². The molecule has 1 aliphatic heterocycles. The lowest BCUT2D eigenvalue weighted by Crippen LogP contribution is -2.58. The van der Waals surface area contributed by atoms with Crippen molar-refractivity contribution in [2.45, 2.75) is 63.5 Å². The third kappa shape index (κ3) is 5.01. The van der Waals surface area contributed by atoms with E-state index < -0.39 is 9.84 Å². The lowest BCUT2D eigenvalue weighted by Gasteiger charge is -2.43. The predicted octanol–water partition coefficient (Wildman–Crippen LogP) is 1.81. The molecule has 0 amide bonds. The van der Waals surface area contributed by atoms with Gasteiger partial charge in [-0.15, -0.1) is 0 Å². The second-order valence-electron chi connectivity index (χ2n) is 6.96. The average molecular weight is 302 g/mol. The molecule has 0 aromatic carbocycles. The molecule has 2 fully saturated rings. The van der Waals surface area contributed by atoms with E-state index in [9.17, 15) is 8.42 Å². The summed E-state index contributed by atoms with van der Waals surface area (Å²) in [6, 6.07) is 0.0469. The molecule has 1 N–H and O–H groups in total. The van der Waals surface area contributed by atoms with Crippen LogP contribution in [0.3, 0.4) is 0 Å². The highest BCUT2D eigenvalue weighted by Gasteiger charge is 2.35. The van der Waals surface area contributed by atoms with Crippen LogP contribution >= 0.6 is 0 Å². The van der Waals surface area contributed by atoms with Gasteiger partial charge in [0.1, 0.15) is 9.84 Å². The molecule has 2 rings (SSSR count). The summed E-state index contributed by atoms with van der Waals surface area (Å²) < 4.78 is 23.0. The minimum Gasteiger partial charge on any atom is -0.306 e. The monoisotopic (exact) mass is 302 g/mol. The van der Waals surface area contributed by atoms with Crippen LogP contribution in [0.25, 0.3) is 0 Å². The normalized spacial score (nSPS) is 25.7. The maximum absolute atomic E-state index is 11.5. The maximum atomic E-state index is 11.5. The van der Waals surface area contributed by atoms with Crippen molar-refractivity contribution in [1.82, 2.24) is 10.2 Å². The van der Waals surface area contributed by atoms with Gasteiger partial charge in [-0.3, -0.25) is 0 Å². The lowest BCUT2D eigenvalue weighted by molar-refractivity contribution is 0.148. The van der Waals surface area contributed by atoms with Crippen LogP contribution < -0.4 is 5.32 Å². The standard InChI is InChI=1S/C15H30N2O2S/c1-14(12-20(2,18)19)16-15(8-4-3-5-9-15)13-17-10-6-7-11-17/h14,16H,3-13H2,1-2H3. The van der Waals surface area contributed by atoms with E-state index in [1.807, 2.05) is 6.92 Å². The zero-order valence-corrected chi connectivity index (χ0v) is 13.8. The smallest absolute Gasteiger partial charge is 0.148 e. The minimum absolute atomic E-state index is 0.0469. The summed E-state index contributed by atoms with van der Waals surface area (Å²) in [6.07, 6.45) is 10.2. The van der Waals surface area contributed by atoms with Gasteiger partial charge < -0.3 is 10.2 Å². The Morgan fingerprint density at radius 3 is 2.25 bits per heavy atom. The van der Waals surface area contributed by atoms with Crippen LogP contribution in [-0.2, 0) is 9.84 Å². The summed E-state index contributed by atoms with van der Waals surface area (Å²) >= 11 is 0. The molecule has 5 heteroatoms. The first-order valence-electron chi connectivity index (χ1n) is 8.06. The number of nitrogens with one attached hydrogen (secondary N) is 1. The van der Waals surface area contributed by atoms with Gasteiger partial charge in [-0.25, -0.2) is 8.42 Å². The molecule has 20 heavy (non-hydrogen) atoms. The Bertz CT molecular complexity index is 396. The van der Waals surface area contributed by atoms with Crippen LogP contribution in [0.1, 0.15) is 51.9 Å². The van der Waals surface area contributed by atoms with Gasteiger partial charge in [0.25, 0.3) is 0 Å². The van der Waals surface area contributed by atoms with Crippen molar-refractivity contribution in [2.75, 3.05) is 31.6 Å². The summed E-state index contributed by atoms with van der Waals surface area (Å²) in [5.74, 6) is 0.245. The fourth-order valence-corrected chi connectivity index (χ4v) is 4.96. The van der Waals surface area contributed by atoms with Crippen molar-refractivity contribution in [1.29, 1.82) is 0 Å². The van der Waals surface area contributed by atoms with Crippen molar-refractivity contribution in [3.8, 4) is 0 Å². The van der Waals surface area contributed by atoms with E-state index in [0.717, 1.165) is 6.54 Å². The first-order chi connectivity index (χ1) is 9.39. The van der Waals surface area contributed by atoms with Gasteiger partial charge in [0, 0.05) is 24.4 Å². The van der Waals surface area contributed by atoms with Crippen LogP contribution in [-0.4, -0.2) is 56.5 Å². The maximum Gasteiger partial charge on any atom is 0.148 e. The Balaban J connectivity index is 1.98. The highest BCUT2D eigenvalue weighted by atomic mass is 32.2. The van der Waals surface area contributed by atoms with Crippen molar-refractivity contribution >= 4 is 9.84 Å². The largest absolute Gasteiger partial charge is 0.306 e. The Morgan fingerprint density at radius 1 is 1.10 bits per heavy atom. The van der Waals surface area contributed by atoms with Crippen molar-refractivity contribution in [2.24, 2.45) is 0 Å². The van der Waals surface area contributed by atoms with Crippen molar-refractivity contribution in [3.63, 3.8) is 0 Å². The van der Waals surface area contributed by atoms with E-state index in [0.29, 0.717) is 0 Å². The summed E-state index contributed by atoms with van der Waals surface area (Å²) in [7, 11) is -2.90. The highest BCUT2D eigenvalue weighted by molar-refractivity contribution is 7.90. The van der Waals surface area contributed by atoms with Crippen LogP contribution in [0.15, 0.2) is 0 Å². The quantitative estimate of drug-likeness (QED) is 0.813. The molecule has 1 unspecified atom stereocenters. The van der Waals surface area contributed by atoms with Crippen LogP contribution in [0.5, 0.6) is 0 Å². The second kappa shape index (κ2) is 6.75. The fourth-order valence-electron chi connectivity index (χ4n) is 3.96. The molecule has 0 aromatic heterocycles. The highest BCUT2D eigenvalue weighted by Crippen LogP contribution is 2.30. The molecule has 4 nitrogen and oxygen atoms in total. The van der Waals surface area contributed by atoms with Crippen LogP contribution in [0.2, 0.25) is 0 Å². The Morgan fingerprint density at radius 2 is 1.70 bits per heavy atom. The van der Waals surface area contributed by atoms with Crippen LogP contribution in [0.4, 0.5) is 0 Å². The van der Waals surface area contributed by atoms with E-state index in [1.165, 1.54) is 64.3 Å². The average Bonchev–Trinajstić information content (AvgIpc) is 2.79. The Kier molecular flexibility index (Phi) is 5.49. The molecule has 1 saturated carbocycles. The molecule has 0 aromatic rings. The molecular formula is C15H30N2O2S. The van der Waals surface area contributed by atoms with Gasteiger partial charge >= 0.3 is 0 Å². The zero-order valence-electron chi connectivity index (χ0n) is 13.0. The topological polar surface area (TPSA) is 49.4 Å². The number of nitrogens with zero attached hydrogens (tertiary/aromatic N) is 1. The summed E-state index contributed by atoms with van der Waals surface area (Å²) in [5.41, 5.74) is 0.146. The van der Waals surface area contributed by atoms with Gasteiger partial charge in [0.15, 0.2) is 0 Å². The van der Waals surface area contributed by atoms with Crippen molar-refractivity contribution < 1.29 is 8.42 Å². The molecule has 118 valence electrons. The fraction of sp³-hybridized carbons (Fsp3) is 1.00. The number of rotatable bonds is 6. The van der Waals surface area contributed by atoms with E-state index in [-0.39, 0.29) is 17.3 Å². The number of sulfone groups is 1. The number of hydrogen-bond donors (Lipinski definition) is 1. The van der Waals surface area contributed by atoms with Crippen LogP contribution in [0, 0.1) is 0 Å². The zero-order chi connectivity index (χ0) is 14.6. The first kappa shape index (κ1) is 16.2. The van der Waals surface area contributed by atoms with E-state index >= 15 is 0 Å². The molecule has 1 heterocycles. The molecule has 1 aliphatic carbocycles. The van der Waals surface area contributed by atoms with Gasteiger partial charge in [0.2, 0.25) is 0 Å². The molecule has 0 spiro atoms. The number of likely N-dealkylation sites (tertiary alicyclic amines) is 1. The van der Waals surface area contributed by atoms with E-state index in [2.05, 4.69) is 10.2 Å². The summed E-state index contributed by atoms with van der Waals surface area (Å²) in [6.45, 7) is 5.54. The molecule has 1 atom stereocenters. The lowest BCUT2D eigenvalue weighted by atomic mass is 9.80. The number of hydrogen-bond acceptors (Lipinski definition) is 4. The van der Waals surface area contributed by atoms with Gasteiger partial charge in [-0.2, -0.15) is 0 Å². The molecule has 0 radical (unpaired) electrons. The van der Waals surface area contributed by atoms with Gasteiger partial charge in [0.05, 0.1) is 5.75 Å². The first-order valence-corrected chi connectivity index (χ1v) is 10.1. The van der Waals surface area contributed by atoms with Gasteiger partial charge in [-0.05, 0) is 45.7 Å². The third-order valence-electron chi connectivity index (χ3n) is 4.64. The Hall–Kier alpha value is -0.130. The van der Waals surface area contributed by atoms with E-state index in [4.69, 9.17) is 0 Å². The third-order valence-corrected chi connectivity index (χ3v) is 5.75. The summed E-state index contributed by atoms with van der Waals surface area (Å²) in [5, 5.41) is 3.69. The molecular weight excluding hydrogens is 272 g/mol. The SMILES string of the molecule is CC(CS(C)(=O)=O)NC1(CN2CCCC2)CCCCC1. The molecule has 1 saturated heterocycles. The minimum atomic E-state index is -2.90. The molecule has 2 aliphatic rings. The Labute approximate surface area is 124 Å². The van der Waals surface area contributed by atoms with Crippen molar-refractivity contribution in [3.05, 3.63) is 0 Å².